The first-order valence-corrected chi connectivity index (χ1v) is 6.37. The summed E-state index contributed by atoms with van der Waals surface area (Å²) in [6.07, 6.45) is -2.29. The number of phosphoric ester groups is 1. The fourth-order valence-electron chi connectivity index (χ4n) is 0.882. The van der Waals surface area contributed by atoms with E-state index in [1.165, 1.54) is 0 Å². The van der Waals surface area contributed by atoms with Gasteiger partial charge in [-0.2, -0.15) is 0 Å². The number of aliphatic carboxylic acids is 3. The third kappa shape index (κ3) is 14.7. The van der Waals surface area contributed by atoms with Crippen molar-refractivity contribution in [2.75, 3.05) is 0 Å². The van der Waals surface area contributed by atoms with E-state index in [0.29, 0.717) is 0 Å². The lowest BCUT2D eigenvalue weighted by Gasteiger charge is -2.18. The van der Waals surface area contributed by atoms with E-state index in [1.54, 1.807) is 0 Å². The molecule has 22 heavy (non-hydrogen) atoms. The smallest absolute Gasteiger partial charge is 0.481 e. The van der Waals surface area contributed by atoms with Gasteiger partial charge in [0.2, 0.25) is 0 Å². The van der Waals surface area contributed by atoms with Gasteiger partial charge in [0.15, 0.2) is 5.60 Å². The molecule has 0 radical (unpaired) electrons. The Bertz CT molecular complexity index is 452. The Kier molecular flexibility index (Phi) is 11.6. The van der Waals surface area contributed by atoms with Crippen LogP contribution in [0, 0.1) is 0 Å². The summed E-state index contributed by atoms with van der Waals surface area (Å²) >= 11 is 0. The average Bonchev–Trinajstić information content (AvgIpc) is 2.10. The van der Waals surface area contributed by atoms with Gasteiger partial charge in [-0.05, 0) is 0 Å². The number of carboxylic acids is 3. The van der Waals surface area contributed by atoms with Gasteiger partial charge in [0, 0.05) is 6.92 Å². The SMILES string of the molecule is CC(=O)OP(=O)(O)O.Cl.O=C(O)CC(O)(CC(=O)O)C(=O)O. The van der Waals surface area contributed by atoms with E-state index in [2.05, 4.69) is 4.52 Å². The van der Waals surface area contributed by atoms with Crippen molar-refractivity contribution in [2.24, 2.45) is 0 Å². The fourth-order valence-corrected chi connectivity index (χ4v) is 1.22. The van der Waals surface area contributed by atoms with Gasteiger partial charge >= 0.3 is 31.7 Å². The maximum Gasteiger partial charge on any atom is 0.526 e. The van der Waals surface area contributed by atoms with Crippen LogP contribution >= 0.6 is 20.2 Å². The van der Waals surface area contributed by atoms with Gasteiger partial charge in [-0.25, -0.2) is 9.36 Å². The fraction of sp³-hybridized carbons (Fsp3) is 0.500. The van der Waals surface area contributed by atoms with Gasteiger partial charge in [0.05, 0.1) is 12.8 Å². The van der Waals surface area contributed by atoms with Crippen LogP contribution in [0.25, 0.3) is 0 Å². The molecule has 0 saturated heterocycles. The van der Waals surface area contributed by atoms with Gasteiger partial charge in [-0.15, -0.1) is 12.4 Å². The maximum atomic E-state index is 10.3. The Morgan fingerprint density at radius 2 is 1.32 bits per heavy atom. The molecule has 0 aromatic rings. The van der Waals surface area contributed by atoms with E-state index >= 15 is 0 Å². The first-order valence-electron chi connectivity index (χ1n) is 4.84. The summed E-state index contributed by atoms with van der Waals surface area (Å²) in [5.41, 5.74) is -2.74. The zero-order chi connectivity index (χ0) is 17.4. The molecular formula is C8H14ClO12P. The molecule has 0 heterocycles. The van der Waals surface area contributed by atoms with Crippen LogP contribution in [0.15, 0.2) is 0 Å². The minimum absolute atomic E-state index is 0. The largest absolute Gasteiger partial charge is 0.526 e. The summed E-state index contributed by atoms with van der Waals surface area (Å²) in [7, 11) is -4.57. The Balaban J connectivity index is -0.000000348. The molecule has 0 atom stereocenters. The van der Waals surface area contributed by atoms with Crippen molar-refractivity contribution in [3.8, 4) is 0 Å². The standard InChI is InChI=1S/C6H8O7.C2H5O5P.ClH/c7-3(8)1-6(13,5(11)12)2-4(9)10;1-2(3)7-8(4,5)6;/h13H,1-2H2,(H,7,8)(H,9,10)(H,11,12);1H3,(H2,4,5,6);1H. The van der Waals surface area contributed by atoms with Crippen molar-refractivity contribution >= 4 is 44.1 Å². The summed E-state index contributed by atoms with van der Waals surface area (Å²) in [6, 6.07) is 0. The number of carbonyl (C=O) groups excluding carboxylic acids is 1. The van der Waals surface area contributed by atoms with Gasteiger partial charge in [0.1, 0.15) is 0 Å². The van der Waals surface area contributed by atoms with Gasteiger partial charge in [-0.1, -0.05) is 0 Å². The minimum atomic E-state index is -4.57. The van der Waals surface area contributed by atoms with Crippen molar-refractivity contribution in [1.82, 2.24) is 0 Å². The molecule has 0 amide bonds. The molecule has 14 heteroatoms. The molecule has 0 rings (SSSR count). The van der Waals surface area contributed by atoms with Crippen LogP contribution < -0.4 is 0 Å². The van der Waals surface area contributed by atoms with Crippen LogP contribution in [0.3, 0.4) is 0 Å². The van der Waals surface area contributed by atoms with E-state index in [9.17, 15) is 23.7 Å². The molecule has 130 valence electrons. The van der Waals surface area contributed by atoms with Gasteiger partial charge < -0.3 is 24.9 Å². The van der Waals surface area contributed by atoms with E-state index in [4.69, 9.17) is 30.2 Å². The monoisotopic (exact) mass is 368 g/mol. The lowest BCUT2D eigenvalue weighted by molar-refractivity contribution is -0.170. The molecule has 0 spiro atoms. The average molecular weight is 369 g/mol. The lowest BCUT2D eigenvalue weighted by Crippen LogP contribution is -2.42. The second-order valence-electron chi connectivity index (χ2n) is 3.55. The van der Waals surface area contributed by atoms with Crippen molar-refractivity contribution in [2.45, 2.75) is 25.4 Å². The molecule has 6 N–H and O–H groups in total. The summed E-state index contributed by atoms with van der Waals surface area (Å²) < 4.78 is 13.2. The number of hydrogen-bond donors (Lipinski definition) is 6. The predicted molar refractivity (Wildman–Crippen MR) is 68.1 cm³/mol. The third-order valence-corrected chi connectivity index (χ3v) is 2.03. The second-order valence-corrected chi connectivity index (χ2v) is 4.71. The third-order valence-electron chi connectivity index (χ3n) is 1.53. The second kappa shape index (κ2) is 10.1. The number of hydrogen-bond acceptors (Lipinski definition) is 7. The zero-order valence-electron chi connectivity index (χ0n) is 10.9. The number of aliphatic hydroxyl groups is 1. The molecule has 0 saturated carbocycles. The summed E-state index contributed by atoms with van der Waals surface area (Å²) in [4.78, 5) is 55.9. The van der Waals surface area contributed by atoms with Crippen LogP contribution in [0.4, 0.5) is 0 Å². The highest BCUT2D eigenvalue weighted by Crippen LogP contribution is 2.35. The van der Waals surface area contributed by atoms with Crippen LogP contribution in [0.2, 0.25) is 0 Å². The molecule has 0 fully saturated rings. The van der Waals surface area contributed by atoms with Gasteiger partial charge in [-0.3, -0.25) is 24.2 Å². The number of halogens is 1. The summed E-state index contributed by atoms with van der Waals surface area (Å²) in [5, 5.41) is 33.8. The molecule has 0 aliphatic rings. The van der Waals surface area contributed by atoms with Crippen molar-refractivity contribution in [3.63, 3.8) is 0 Å². The molecule has 0 aliphatic carbocycles. The first kappa shape index (κ1) is 25.2. The Morgan fingerprint density at radius 3 is 1.41 bits per heavy atom. The zero-order valence-corrected chi connectivity index (χ0v) is 12.6. The quantitative estimate of drug-likeness (QED) is 0.305. The maximum absolute atomic E-state index is 10.3. The topological polar surface area (TPSA) is 216 Å². The molecular weight excluding hydrogens is 355 g/mol. The minimum Gasteiger partial charge on any atom is -0.481 e. The number of carbonyl (C=O) groups is 4. The van der Waals surface area contributed by atoms with E-state index in [0.717, 1.165) is 6.92 Å². The van der Waals surface area contributed by atoms with Gasteiger partial charge in [0.25, 0.3) is 0 Å². The predicted octanol–water partition coefficient (Wildman–Crippen LogP) is -1.18. The Labute approximate surface area is 129 Å². The molecule has 12 nitrogen and oxygen atoms in total. The molecule has 0 bridgehead atoms. The van der Waals surface area contributed by atoms with Crippen molar-refractivity contribution in [1.29, 1.82) is 0 Å². The number of rotatable bonds is 6. The van der Waals surface area contributed by atoms with Crippen LogP contribution in [0.1, 0.15) is 19.8 Å². The number of carboxylic acid groups (broad SMARTS) is 3. The molecule has 0 aromatic heterocycles. The van der Waals surface area contributed by atoms with Crippen molar-refractivity contribution < 1.29 is 58.5 Å². The highest BCUT2D eigenvalue weighted by molar-refractivity contribution is 7.46. The molecule has 0 unspecified atom stereocenters. The highest BCUT2D eigenvalue weighted by Gasteiger charge is 2.40. The number of phosphoric acid groups is 1. The van der Waals surface area contributed by atoms with Crippen LogP contribution in [-0.2, 0) is 28.3 Å². The van der Waals surface area contributed by atoms with Crippen molar-refractivity contribution in [3.05, 3.63) is 0 Å². The Hall–Kier alpha value is -1.72. The summed E-state index contributed by atoms with van der Waals surface area (Å²) in [5.74, 6) is -6.01. The lowest BCUT2D eigenvalue weighted by atomic mass is 9.96. The van der Waals surface area contributed by atoms with Crippen LogP contribution in [0.5, 0.6) is 0 Å². The highest BCUT2D eigenvalue weighted by atomic mass is 35.5. The van der Waals surface area contributed by atoms with E-state index in [-0.39, 0.29) is 12.4 Å². The van der Waals surface area contributed by atoms with E-state index in [1.807, 2.05) is 0 Å². The molecule has 0 aromatic carbocycles. The van der Waals surface area contributed by atoms with E-state index < -0.39 is 50.1 Å². The first-order chi connectivity index (χ1) is 9.19. The summed E-state index contributed by atoms with van der Waals surface area (Å²) in [6.45, 7) is 0.916. The molecule has 0 aliphatic heterocycles. The normalized spacial score (nSPS) is 10.4. The Morgan fingerprint density at radius 1 is 1.00 bits per heavy atom. The van der Waals surface area contributed by atoms with Crippen LogP contribution in [-0.4, -0.2) is 59.7 Å².